The van der Waals surface area contributed by atoms with Crippen molar-refractivity contribution in [2.75, 3.05) is 5.75 Å². The first-order valence-electron chi connectivity index (χ1n) is 8.87. The van der Waals surface area contributed by atoms with E-state index in [4.69, 9.17) is 16.3 Å². The van der Waals surface area contributed by atoms with Crippen LogP contribution in [0, 0.1) is 0 Å². The number of para-hydroxylation sites is 1. The van der Waals surface area contributed by atoms with E-state index in [-0.39, 0.29) is 24.3 Å². The Hall–Kier alpha value is -2.03. The lowest BCUT2D eigenvalue weighted by Gasteiger charge is -2.14. The van der Waals surface area contributed by atoms with Crippen LogP contribution in [0.25, 0.3) is 0 Å². The summed E-state index contributed by atoms with van der Waals surface area (Å²) in [6, 6.07) is 15.1. The van der Waals surface area contributed by atoms with Gasteiger partial charge in [-0.05, 0) is 36.8 Å². The largest absolute Gasteiger partial charge is 0.484 e. The Labute approximate surface area is 187 Å². The zero-order valence-electron chi connectivity index (χ0n) is 15.9. The van der Waals surface area contributed by atoms with Gasteiger partial charge in [0.25, 0.3) is 0 Å². The predicted octanol–water partition coefficient (Wildman–Crippen LogP) is 4.78. The van der Waals surface area contributed by atoms with Crippen molar-refractivity contribution in [1.29, 1.82) is 0 Å². The molecule has 1 heterocycles. The number of rotatable bonds is 8. The number of carbonyl (C=O) groups excluding carboxylic acids is 1. The fraction of sp³-hybridized carbons (Fsp3) is 0.250. The molecule has 1 atom stereocenters. The lowest BCUT2D eigenvalue weighted by molar-refractivity contribution is -0.119. The first kappa shape index (κ1) is 21.7. The second-order valence-electron chi connectivity index (χ2n) is 6.31. The van der Waals surface area contributed by atoms with Crippen LogP contribution in [0.2, 0.25) is 5.02 Å². The Morgan fingerprint density at radius 1 is 1.24 bits per heavy atom. The van der Waals surface area contributed by atoms with Gasteiger partial charge in [-0.3, -0.25) is 4.79 Å². The van der Waals surface area contributed by atoms with E-state index in [0.717, 1.165) is 10.0 Å². The van der Waals surface area contributed by atoms with Crippen molar-refractivity contribution < 1.29 is 9.53 Å². The molecule has 3 aromatic rings. The minimum Gasteiger partial charge on any atom is -0.484 e. The van der Waals surface area contributed by atoms with Crippen molar-refractivity contribution in [3.8, 4) is 5.75 Å². The van der Waals surface area contributed by atoms with Gasteiger partial charge < -0.3 is 14.6 Å². The molecule has 0 aliphatic heterocycles. The average Bonchev–Trinajstić information content (AvgIpc) is 3.06. The first-order valence-corrected chi connectivity index (χ1v) is 11.0. The van der Waals surface area contributed by atoms with Crippen molar-refractivity contribution in [1.82, 2.24) is 20.1 Å². The van der Waals surface area contributed by atoms with E-state index in [1.54, 1.807) is 12.1 Å². The fourth-order valence-corrected chi connectivity index (χ4v) is 3.74. The number of nitrogens with one attached hydrogen (secondary N) is 1. The van der Waals surface area contributed by atoms with Crippen molar-refractivity contribution >= 4 is 45.2 Å². The number of carbonyl (C=O) groups is 1. The molecule has 0 aliphatic rings. The number of ether oxygens (including phenoxy) is 1. The Bertz CT molecular complexity index is 981. The number of nitrogens with zero attached hydrogens (tertiary/aromatic N) is 3. The summed E-state index contributed by atoms with van der Waals surface area (Å²) in [5.41, 5.74) is 1.05. The molecular formula is C20H20BrClN4O2S. The number of amides is 1. The van der Waals surface area contributed by atoms with Gasteiger partial charge in [0.15, 0.2) is 11.0 Å². The third-order valence-electron chi connectivity index (χ3n) is 4.20. The van der Waals surface area contributed by atoms with Crippen molar-refractivity contribution in [3.63, 3.8) is 0 Å². The number of hydrogen-bond acceptors (Lipinski definition) is 5. The van der Waals surface area contributed by atoms with E-state index >= 15 is 0 Å². The molecule has 1 aromatic heterocycles. The van der Waals surface area contributed by atoms with Crippen LogP contribution in [-0.4, -0.2) is 26.4 Å². The maximum atomic E-state index is 12.3. The molecule has 1 N–H and O–H groups in total. The highest BCUT2D eigenvalue weighted by atomic mass is 79.9. The average molecular weight is 496 g/mol. The van der Waals surface area contributed by atoms with Crippen molar-refractivity contribution in [2.45, 2.75) is 24.7 Å². The second kappa shape index (κ2) is 10.1. The highest BCUT2D eigenvalue weighted by Crippen LogP contribution is 2.24. The zero-order valence-corrected chi connectivity index (χ0v) is 19.1. The summed E-state index contributed by atoms with van der Waals surface area (Å²) < 4.78 is 8.52. The van der Waals surface area contributed by atoms with Crippen LogP contribution in [0.3, 0.4) is 0 Å². The van der Waals surface area contributed by atoms with E-state index in [0.29, 0.717) is 21.8 Å². The smallest absolute Gasteiger partial charge is 0.230 e. The SMILES string of the molecule is CC(NC(=O)CSc1nnc(COc2ccccc2Cl)n1C)c1ccc(Br)cc1. The number of aromatic nitrogens is 3. The van der Waals surface area contributed by atoms with Gasteiger partial charge in [-0.25, -0.2) is 0 Å². The molecular weight excluding hydrogens is 476 g/mol. The Kier molecular flexibility index (Phi) is 7.57. The number of halogens is 2. The fourth-order valence-electron chi connectivity index (χ4n) is 2.55. The van der Waals surface area contributed by atoms with Gasteiger partial charge in [0, 0.05) is 11.5 Å². The van der Waals surface area contributed by atoms with Crippen LogP contribution in [-0.2, 0) is 18.4 Å². The summed E-state index contributed by atoms with van der Waals surface area (Å²) in [6.07, 6.45) is 0. The van der Waals surface area contributed by atoms with Crippen LogP contribution >= 0.6 is 39.3 Å². The van der Waals surface area contributed by atoms with E-state index in [2.05, 4.69) is 31.4 Å². The predicted molar refractivity (Wildman–Crippen MR) is 118 cm³/mol. The topological polar surface area (TPSA) is 69.0 Å². The molecule has 2 aromatic carbocycles. The molecule has 152 valence electrons. The van der Waals surface area contributed by atoms with Crippen LogP contribution in [0.5, 0.6) is 5.75 Å². The molecule has 0 spiro atoms. The summed E-state index contributed by atoms with van der Waals surface area (Å²) in [7, 11) is 1.84. The third kappa shape index (κ3) is 5.98. The molecule has 9 heteroatoms. The second-order valence-corrected chi connectivity index (χ2v) is 8.57. The third-order valence-corrected chi connectivity index (χ3v) is 6.06. The quantitative estimate of drug-likeness (QED) is 0.456. The highest BCUT2D eigenvalue weighted by molar-refractivity contribution is 9.10. The molecule has 0 saturated heterocycles. The molecule has 0 saturated carbocycles. The summed E-state index contributed by atoms with van der Waals surface area (Å²) in [6.45, 7) is 2.19. The van der Waals surface area contributed by atoms with Gasteiger partial charge in [0.2, 0.25) is 5.91 Å². The lowest BCUT2D eigenvalue weighted by atomic mass is 10.1. The summed E-state index contributed by atoms with van der Waals surface area (Å²) in [5, 5.41) is 12.5. The van der Waals surface area contributed by atoms with Gasteiger partial charge in [0.1, 0.15) is 12.4 Å². The van der Waals surface area contributed by atoms with Gasteiger partial charge in [-0.15, -0.1) is 10.2 Å². The summed E-state index contributed by atoms with van der Waals surface area (Å²) >= 11 is 10.8. The minimum absolute atomic E-state index is 0.0673. The molecule has 3 rings (SSSR count). The molecule has 0 bridgehead atoms. The molecule has 1 unspecified atom stereocenters. The molecule has 0 fully saturated rings. The normalized spacial score (nSPS) is 11.9. The summed E-state index contributed by atoms with van der Waals surface area (Å²) in [4.78, 5) is 12.3. The van der Waals surface area contributed by atoms with Crippen molar-refractivity contribution in [3.05, 3.63) is 69.4 Å². The standard InChI is InChI=1S/C20H20BrClN4O2S/c1-13(14-7-9-15(21)10-8-14)23-19(27)12-29-20-25-24-18(26(20)2)11-28-17-6-4-3-5-16(17)22/h3-10,13H,11-12H2,1-2H3,(H,23,27). The first-order chi connectivity index (χ1) is 13.9. The molecule has 6 nitrogen and oxygen atoms in total. The van der Waals surface area contributed by atoms with Gasteiger partial charge in [-0.1, -0.05) is 63.6 Å². The van der Waals surface area contributed by atoms with Gasteiger partial charge in [0.05, 0.1) is 16.8 Å². The maximum Gasteiger partial charge on any atom is 0.230 e. The van der Waals surface area contributed by atoms with Gasteiger partial charge in [-0.2, -0.15) is 0 Å². The van der Waals surface area contributed by atoms with E-state index in [1.165, 1.54) is 11.8 Å². The Morgan fingerprint density at radius 2 is 1.97 bits per heavy atom. The zero-order chi connectivity index (χ0) is 20.8. The minimum atomic E-state index is -0.0738. The number of hydrogen-bond donors (Lipinski definition) is 1. The van der Waals surface area contributed by atoms with Crippen molar-refractivity contribution in [2.24, 2.45) is 7.05 Å². The van der Waals surface area contributed by atoms with E-state index in [1.807, 2.05) is 54.9 Å². The Morgan fingerprint density at radius 3 is 2.69 bits per heavy atom. The van der Waals surface area contributed by atoms with Crippen LogP contribution in [0.4, 0.5) is 0 Å². The summed E-state index contributed by atoms with van der Waals surface area (Å²) in [5.74, 6) is 1.42. The van der Waals surface area contributed by atoms with E-state index in [9.17, 15) is 4.79 Å². The molecule has 29 heavy (non-hydrogen) atoms. The molecule has 1 amide bonds. The van der Waals surface area contributed by atoms with E-state index < -0.39 is 0 Å². The molecule has 0 aliphatic carbocycles. The lowest BCUT2D eigenvalue weighted by Crippen LogP contribution is -2.28. The Balaban J connectivity index is 1.51. The van der Waals surface area contributed by atoms with Crippen LogP contribution in [0.1, 0.15) is 24.4 Å². The number of benzene rings is 2. The van der Waals surface area contributed by atoms with Gasteiger partial charge >= 0.3 is 0 Å². The van der Waals surface area contributed by atoms with Crippen LogP contribution < -0.4 is 10.1 Å². The highest BCUT2D eigenvalue weighted by Gasteiger charge is 2.14. The maximum absolute atomic E-state index is 12.3. The number of thioether (sulfide) groups is 1. The molecule has 0 radical (unpaired) electrons. The monoisotopic (exact) mass is 494 g/mol. The van der Waals surface area contributed by atoms with Crippen LogP contribution in [0.15, 0.2) is 58.2 Å².